The minimum atomic E-state index is 0.0819. The summed E-state index contributed by atoms with van der Waals surface area (Å²) >= 11 is 0. The second kappa shape index (κ2) is 7.34. The fourth-order valence-corrected chi connectivity index (χ4v) is 3.53. The molecule has 1 aliphatic carbocycles. The number of guanidine groups is 1. The number of hydrogen-bond donors (Lipinski definition) is 2. The Balaban J connectivity index is 1.78. The fraction of sp³-hybridized carbons (Fsp3) is 0.882. The van der Waals surface area contributed by atoms with Gasteiger partial charge in [0.1, 0.15) is 0 Å². The molecule has 126 valence electrons. The quantitative estimate of drug-likeness (QED) is 0.617. The van der Waals surface area contributed by atoms with Gasteiger partial charge in [-0.1, -0.05) is 33.6 Å². The molecule has 1 atom stereocenters. The van der Waals surface area contributed by atoms with Crippen molar-refractivity contribution in [1.82, 2.24) is 15.5 Å². The Hall–Kier alpha value is -1.26. The summed E-state index contributed by atoms with van der Waals surface area (Å²) in [6, 6.07) is 0.310. The third-order valence-electron chi connectivity index (χ3n) is 5.05. The summed E-state index contributed by atoms with van der Waals surface area (Å²) in [6.07, 6.45) is 6.29. The lowest BCUT2D eigenvalue weighted by molar-refractivity contribution is -0.133. The van der Waals surface area contributed by atoms with Gasteiger partial charge >= 0.3 is 0 Å². The predicted molar refractivity (Wildman–Crippen MR) is 90.9 cm³/mol. The van der Waals surface area contributed by atoms with Gasteiger partial charge in [0.25, 0.3) is 0 Å². The molecule has 0 aromatic heterocycles. The zero-order valence-electron chi connectivity index (χ0n) is 14.6. The summed E-state index contributed by atoms with van der Waals surface area (Å²) in [6.45, 7) is 8.91. The van der Waals surface area contributed by atoms with Gasteiger partial charge in [-0.3, -0.25) is 9.79 Å². The van der Waals surface area contributed by atoms with Gasteiger partial charge in [-0.15, -0.1) is 0 Å². The highest BCUT2D eigenvalue weighted by Gasteiger charge is 2.30. The Labute approximate surface area is 134 Å². The Morgan fingerprint density at radius 2 is 2.05 bits per heavy atom. The lowest BCUT2D eigenvalue weighted by Gasteiger charge is -2.26. The van der Waals surface area contributed by atoms with Crippen molar-refractivity contribution in [3.63, 3.8) is 0 Å². The number of hydrogen-bond acceptors (Lipinski definition) is 2. The molecule has 0 aromatic carbocycles. The van der Waals surface area contributed by atoms with Crippen molar-refractivity contribution in [2.75, 3.05) is 26.7 Å². The van der Waals surface area contributed by atoms with Crippen molar-refractivity contribution in [3.05, 3.63) is 0 Å². The lowest BCUT2D eigenvalue weighted by atomic mass is 9.89. The van der Waals surface area contributed by atoms with E-state index in [0.717, 1.165) is 32.0 Å². The number of aliphatic imine (C=N–C) groups is 1. The Morgan fingerprint density at radius 1 is 1.36 bits per heavy atom. The number of carbonyl (C=O) groups is 1. The van der Waals surface area contributed by atoms with E-state index >= 15 is 0 Å². The summed E-state index contributed by atoms with van der Waals surface area (Å²) in [4.78, 5) is 18.3. The topological polar surface area (TPSA) is 56.7 Å². The number of amides is 1. The normalized spacial score (nSPS) is 24.9. The van der Waals surface area contributed by atoms with Gasteiger partial charge in [0, 0.05) is 38.6 Å². The molecule has 0 spiro atoms. The minimum Gasteiger partial charge on any atom is -0.356 e. The van der Waals surface area contributed by atoms with Crippen LogP contribution in [0.3, 0.4) is 0 Å². The average Bonchev–Trinajstić information content (AvgIpc) is 3.12. The van der Waals surface area contributed by atoms with Crippen LogP contribution < -0.4 is 10.6 Å². The van der Waals surface area contributed by atoms with Crippen molar-refractivity contribution < 1.29 is 4.79 Å². The molecule has 2 rings (SSSR count). The third kappa shape index (κ3) is 4.37. The van der Waals surface area contributed by atoms with E-state index in [1.54, 1.807) is 0 Å². The SMILES string of the molecule is CN=C(NCC1(C)CCCC1)NC1CCN(C(=O)C(C)C)C1. The van der Waals surface area contributed by atoms with Gasteiger partial charge in [-0.25, -0.2) is 0 Å². The zero-order valence-corrected chi connectivity index (χ0v) is 14.6. The van der Waals surface area contributed by atoms with Gasteiger partial charge < -0.3 is 15.5 Å². The Bertz CT molecular complexity index is 413. The molecule has 22 heavy (non-hydrogen) atoms. The van der Waals surface area contributed by atoms with E-state index in [0.29, 0.717) is 11.5 Å². The molecule has 1 unspecified atom stereocenters. The van der Waals surface area contributed by atoms with E-state index in [9.17, 15) is 4.79 Å². The van der Waals surface area contributed by atoms with Gasteiger partial charge in [-0.2, -0.15) is 0 Å². The standard InChI is InChI=1S/C17H32N4O/c1-13(2)15(22)21-10-7-14(11-21)20-16(18-4)19-12-17(3)8-5-6-9-17/h13-14H,5-12H2,1-4H3,(H2,18,19,20). The predicted octanol–water partition coefficient (Wildman–Crippen LogP) is 1.99. The van der Waals surface area contributed by atoms with Crippen LogP contribution in [0, 0.1) is 11.3 Å². The molecule has 1 aliphatic heterocycles. The van der Waals surface area contributed by atoms with Gasteiger partial charge in [0.2, 0.25) is 5.91 Å². The van der Waals surface area contributed by atoms with Gasteiger partial charge in [0.15, 0.2) is 5.96 Å². The third-order valence-corrected chi connectivity index (χ3v) is 5.05. The van der Waals surface area contributed by atoms with Gasteiger partial charge in [-0.05, 0) is 24.7 Å². The second-order valence-electron chi connectivity index (χ2n) is 7.51. The van der Waals surface area contributed by atoms with Crippen LogP contribution in [0.25, 0.3) is 0 Å². The summed E-state index contributed by atoms with van der Waals surface area (Å²) < 4.78 is 0. The molecular weight excluding hydrogens is 276 g/mol. The molecule has 1 heterocycles. The fourth-order valence-electron chi connectivity index (χ4n) is 3.53. The molecule has 0 radical (unpaired) electrons. The van der Waals surface area contributed by atoms with Crippen molar-refractivity contribution in [2.45, 2.75) is 58.9 Å². The Morgan fingerprint density at radius 3 is 2.64 bits per heavy atom. The molecule has 0 aromatic rings. The van der Waals surface area contributed by atoms with Crippen LogP contribution in [0.5, 0.6) is 0 Å². The smallest absolute Gasteiger partial charge is 0.225 e. The highest BCUT2D eigenvalue weighted by molar-refractivity contribution is 5.81. The van der Waals surface area contributed by atoms with E-state index in [2.05, 4.69) is 22.5 Å². The summed E-state index contributed by atoms with van der Waals surface area (Å²) in [5.74, 6) is 1.21. The van der Waals surface area contributed by atoms with Crippen molar-refractivity contribution >= 4 is 11.9 Å². The molecule has 1 amide bonds. The van der Waals surface area contributed by atoms with Crippen LogP contribution in [0.2, 0.25) is 0 Å². The summed E-state index contributed by atoms with van der Waals surface area (Å²) in [5.41, 5.74) is 0.410. The van der Waals surface area contributed by atoms with Crippen LogP contribution in [0.4, 0.5) is 0 Å². The van der Waals surface area contributed by atoms with Crippen molar-refractivity contribution in [1.29, 1.82) is 0 Å². The number of rotatable bonds is 4. The zero-order chi connectivity index (χ0) is 16.2. The molecule has 1 saturated heterocycles. The first kappa shape index (κ1) is 17.1. The molecule has 5 heteroatoms. The highest BCUT2D eigenvalue weighted by atomic mass is 16.2. The monoisotopic (exact) mass is 308 g/mol. The first-order valence-corrected chi connectivity index (χ1v) is 8.69. The van der Waals surface area contributed by atoms with E-state index in [1.807, 2.05) is 25.8 Å². The van der Waals surface area contributed by atoms with E-state index in [4.69, 9.17) is 0 Å². The number of nitrogens with one attached hydrogen (secondary N) is 2. The first-order valence-electron chi connectivity index (χ1n) is 8.69. The van der Waals surface area contributed by atoms with E-state index in [-0.39, 0.29) is 11.8 Å². The molecule has 1 saturated carbocycles. The second-order valence-corrected chi connectivity index (χ2v) is 7.51. The maximum atomic E-state index is 12.0. The average molecular weight is 308 g/mol. The lowest BCUT2D eigenvalue weighted by Crippen LogP contribution is -2.47. The van der Waals surface area contributed by atoms with Crippen LogP contribution in [-0.2, 0) is 4.79 Å². The molecule has 0 bridgehead atoms. The van der Waals surface area contributed by atoms with Crippen LogP contribution in [-0.4, -0.2) is 49.5 Å². The van der Waals surface area contributed by atoms with Crippen LogP contribution in [0.15, 0.2) is 4.99 Å². The van der Waals surface area contributed by atoms with Crippen molar-refractivity contribution in [2.24, 2.45) is 16.3 Å². The number of likely N-dealkylation sites (tertiary alicyclic amines) is 1. The Kier molecular flexibility index (Phi) is 5.70. The maximum absolute atomic E-state index is 12.0. The molecule has 5 nitrogen and oxygen atoms in total. The molecular formula is C17H32N4O. The van der Waals surface area contributed by atoms with Crippen LogP contribution >= 0.6 is 0 Å². The highest BCUT2D eigenvalue weighted by Crippen LogP contribution is 2.36. The number of carbonyl (C=O) groups excluding carboxylic acids is 1. The van der Waals surface area contributed by atoms with Crippen LogP contribution in [0.1, 0.15) is 52.9 Å². The van der Waals surface area contributed by atoms with E-state index < -0.39 is 0 Å². The van der Waals surface area contributed by atoms with Gasteiger partial charge in [0.05, 0.1) is 0 Å². The molecule has 2 N–H and O–H groups in total. The van der Waals surface area contributed by atoms with Crippen molar-refractivity contribution in [3.8, 4) is 0 Å². The summed E-state index contributed by atoms with van der Waals surface area (Å²) in [7, 11) is 1.82. The minimum absolute atomic E-state index is 0.0819. The molecule has 2 fully saturated rings. The largest absolute Gasteiger partial charge is 0.356 e. The molecule has 2 aliphatic rings. The number of nitrogens with zero attached hydrogens (tertiary/aromatic N) is 2. The maximum Gasteiger partial charge on any atom is 0.225 e. The van der Waals surface area contributed by atoms with E-state index in [1.165, 1.54) is 25.7 Å². The summed E-state index contributed by atoms with van der Waals surface area (Å²) in [5, 5.41) is 6.96. The first-order chi connectivity index (χ1) is 10.4.